The molecule has 1 atom stereocenters. The molecule has 1 aromatic rings. The molecule has 1 N–H and O–H groups in total. The number of nitro groups is 1. The van der Waals surface area contributed by atoms with Crippen LogP contribution in [0, 0.1) is 21.4 Å². The normalized spacial score (nSPS) is 13.2. The Bertz CT molecular complexity index is 493. The van der Waals surface area contributed by atoms with Gasteiger partial charge in [0.25, 0.3) is 5.69 Å². The second-order valence-electron chi connectivity index (χ2n) is 4.50. The minimum absolute atomic E-state index is 0.0117. The molecule has 0 spiro atoms. The van der Waals surface area contributed by atoms with Gasteiger partial charge in [-0.15, -0.1) is 0 Å². The molecule has 6 heteroatoms. The van der Waals surface area contributed by atoms with Crippen LogP contribution in [0.2, 0.25) is 0 Å². The molecule has 0 fully saturated rings. The van der Waals surface area contributed by atoms with Gasteiger partial charge in [0, 0.05) is 6.07 Å². The zero-order chi connectivity index (χ0) is 15.0. The van der Waals surface area contributed by atoms with E-state index in [0.717, 1.165) is 6.42 Å². The van der Waals surface area contributed by atoms with Crippen LogP contribution in [-0.2, 0) is 0 Å². The zero-order valence-corrected chi connectivity index (χ0v) is 11.8. The second kappa shape index (κ2) is 7.46. The van der Waals surface area contributed by atoms with Crippen LogP contribution in [0.3, 0.4) is 0 Å². The summed E-state index contributed by atoms with van der Waals surface area (Å²) in [4.78, 5) is 10.2. The number of hydrogen-bond acceptors (Lipinski definition) is 5. The Kier molecular flexibility index (Phi) is 5.94. The van der Waals surface area contributed by atoms with Crippen LogP contribution in [0.5, 0.6) is 5.75 Å². The number of hydrogen-bond donors (Lipinski definition) is 1. The summed E-state index contributed by atoms with van der Waals surface area (Å²) < 4.78 is 5.48. The summed E-state index contributed by atoms with van der Waals surface area (Å²) in [5.74, 6) is 0.475. The summed E-state index contributed by atoms with van der Waals surface area (Å²) in [6.45, 7) is 2.38. The molecule has 0 radical (unpaired) electrons. The maximum Gasteiger partial charge on any atom is 0.273 e. The second-order valence-corrected chi connectivity index (χ2v) is 4.50. The fourth-order valence-corrected chi connectivity index (χ4v) is 1.92. The molecule has 0 aliphatic carbocycles. The van der Waals surface area contributed by atoms with Crippen molar-refractivity contribution in [2.75, 3.05) is 13.7 Å². The predicted molar refractivity (Wildman–Crippen MR) is 75.5 cm³/mol. The lowest BCUT2D eigenvalue weighted by molar-refractivity contribution is -0.384. The minimum atomic E-state index is -0.522. The van der Waals surface area contributed by atoms with Crippen LogP contribution in [0.1, 0.15) is 26.2 Å². The number of nitro benzene ring substituents is 1. The standard InChI is InChI=1S/C14H19N3O3/c1-3-14(11-15,16-2)8-5-9-20-13-7-4-6-12(10-13)17(18)19/h4,6-7,10,16H,3,5,8-9H2,1-2H3. The van der Waals surface area contributed by atoms with E-state index in [1.807, 2.05) is 6.92 Å². The van der Waals surface area contributed by atoms with Crippen molar-refractivity contribution < 1.29 is 9.66 Å². The van der Waals surface area contributed by atoms with E-state index in [-0.39, 0.29) is 5.69 Å². The van der Waals surface area contributed by atoms with Crippen LogP contribution >= 0.6 is 0 Å². The average molecular weight is 277 g/mol. The average Bonchev–Trinajstić information content (AvgIpc) is 2.48. The van der Waals surface area contributed by atoms with Crippen molar-refractivity contribution in [1.82, 2.24) is 5.32 Å². The van der Waals surface area contributed by atoms with Crippen LogP contribution in [-0.4, -0.2) is 24.1 Å². The van der Waals surface area contributed by atoms with Gasteiger partial charge in [0.2, 0.25) is 0 Å². The highest BCUT2D eigenvalue weighted by Gasteiger charge is 2.24. The first-order valence-electron chi connectivity index (χ1n) is 6.54. The molecule has 108 valence electrons. The van der Waals surface area contributed by atoms with Crippen LogP contribution in [0.4, 0.5) is 5.69 Å². The first-order chi connectivity index (χ1) is 9.56. The number of benzene rings is 1. The van der Waals surface area contributed by atoms with Crippen molar-refractivity contribution in [3.05, 3.63) is 34.4 Å². The Morgan fingerprint density at radius 2 is 2.30 bits per heavy atom. The SMILES string of the molecule is CCC(C#N)(CCCOc1cccc([N+](=O)[O-])c1)NC. The molecular weight excluding hydrogens is 258 g/mol. The molecule has 0 aliphatic rings. The van der Waals surface area contributed by atoms with Crippen molar-refractivity contribution in [3.8, 4) is 11.8 Å². The molecule has 1 unspecified atom stereocenters. The molecule has 6 nitrogen and oxygen atoms in total. The van der Waals surface area contributed by atoms with Crippen molar-refractivity contribution in [1.29, 1.82) is 5.26 Å². The molecule has 0 amide bonds. The number of nitriles is 1. The van der Waals surface area contributed by atoms with Gasteiger partial charge in [-0.3, -0.25) is 10.1 Å². The van der Waals surface area contributed by atoms with Crippen LogP contribution < -0.4 is 10.1 Å². The molecule has 0 saturated heterocycles. The largest absolute Gasteiger partial charge is 0.493 e. The number of nitrogens with one attached hydrogen (secondary N) is 1. The molecule has 0 aliphatic heterocycles. The Balaban J connectivity index is 2.47. The van der Waals surface area contributed by atoms with Crippen LogP contribution in [0.15, 0.2) is 24.3 Å². The molecule has 0 bridgehead atoms. The Labute approximate surface area is 118 Å². The Hall–Kier alpha value is -2.13. The fraction of sp³-hybridized carbons (Fsp3) is 0.500. The van der Waals surface area contributed by atoms with E-state index >= 15 is 0 Å². The summed E-state index contributed by atoms with van der Waals surface area (Å²) in [6.07, 6.45) is 2.09. The number of rotatable bonds is 8. The molecule has 20 heavy (non-hydrogen) atoms. The molecule has 0 aromatic heterocycles. The van der Waals surface area contributed by atoms with E-state index in [1.54, 1.807) is 19.2 Å². The lowest BCUT2D eigenvalue weighted by atomic mass is 9.92. The highest BCUT2D eigenvalue weighted by atomic mass is 16.6. The lowest BCUT2D eigenvalue weighted by Gasteiger charge is -2.24. The Morgan fingerprint density at radius 3 is 2.85 bits per heavy atom. The monoisotopic (exact) mass is 277 g/mol. The van der Waals surface area contributed by atoms with Gasteiger partial charge in [0.1, 0.15) is 11.3 Å². The third-order valence-electron chi connectivity index (χ3n) is 3.34. The fourth-order valence-electron chi connectivity index (χ4n) is 1.92. The zero-order valence-electron chi connectivity index (χ0n) is 11.8. The number of non-ortho nitro benzene ring substituents is 1. The summed E-state index contributed by atoms with van der Waals surface area (Å²) in [5, 5.41) is 22.8. The van der Waals surface area contributed by atoms with Crippen molar-refractivity contribution in [2.45, 2.75) is 31.7 Å². The molecule has 1 aromatic carbocycles. The maximum atomic E-state index is 10.6. The predicted octanol–water partition coefficient (Wildman–Crippen LogP) is 2.65. The van der Waals surface area contributed by atoms with Crippen molar-refractivity contribution >= 4 is 5.69 Å². The summed E-state index contributed by atoms with van der Waals surface area (Å²) in [5.41, 5.74) is -0.510. The summed E-state index contributed by atoms with van der Waals surface area (Å²) in [7, 11) is 1.77. The third kappa shape index (κ3) is 4.21. The highest BCUT2D eigenvalue weighted by Crippen LogP contribution is 2.20. The number of ether oxygens (including phenoxy) is 1. The highest BCUT2D eigenvalue weighted by molar-refractivity contribution is 5.37. The molecule has 1 rings (SSSR count). The van der Waals surface area contributed by atoms with Crippen LogP contribution in [0.25, 0.3) is 0 Å². The van der Waals surface area contributed by atoms with Gasteiger partial charge in [0.05, 0.1) is 23.7 Å². The van der Waals surface area contributed by atoms with Gasteiger partial charge in [0.15, 0.2) is 0 Å². The first kappa shape index (κ1) is 15.9. The molecule has 0 saturated carbocycles. The Morgan fingerprint density at radius 1 is 1.55 bits per heavy atom. The molecular formula is C14H19N3O3. The van der Waals surface area contributed by atoms with Gasteiger partial charge in [-0.05, 0) is 32.4 Å². The third-order valence-corrected chi connectivity index (χ3v) is 3.34. The van der Waals surface area contributed by atoms with Gasteiger partial charge < -0.3 is 10.1 Å². The van der Waals surface area contributed by atoms with Crippen molar-refractivity contribution in [3.63, 3.8) is 0 Å². The smallest absolute Gasteiger partial charge is 0.273 e. The lowest BCUT2D eigenvalue weighted by Crippen LogP contribution is -2.41. The first-order valence-corrected chi connectivity index (χ1v) is 6.54. The summed E-state index contributed by atoms with van der Waals surface area (Å²) >= 11 is 0. The number of nitrogens with zero attached hydrogens (tertiary/aromatic N) is 2. The van der Waals surface area contributed by atoms with Crippen molar-refractivity contribution in [2.24, 2.45) is 0 Å². The van der Waals surface area contributed by atoms with E-state index in [9.17, 15) is 10.1 Å². The maximum absolute atomic E-state index is 10.6. The van der Waals surface area contributed by atoms with Gasteiger partial charge >= 0.3 is 0 Å². The van der Waals surface area contributed by atoms with Gasteiger partial charge in [-0.2, -0.15) is 5.26 Å². The quantitative estimate of drug-likeness (QED) is 0.448. The molecule has 0 heterocycles. The van der Waals surface area contributed by atoms with E-state index < -0.39 is 10.5 Å². The summed E-state index contributed by atoms with van der Waals surface area (Å²) in [6, 6.07) is 8.38. The van der Waals surface area contributed by atoms with E-state index in [4.69, 9.17) is 10.00 Å². The van der Waals surface area contributed by atoms with E-state index in [1.165, 1.54) is 12.1 Å². The van der Waals surface area contributed by atoms with E-state index in [0.29, 0.717) is 25.2 Å². The minimum Gasteiger partial charge on any atom is -0.493 e. The topological polar surface area (TPSA) is 88.2 Å². The van der Waals surface area contributed by atoms with Gasteiger partial charge in [-0.25, -0.2) is 0 Å². The van der Waals surface area contributed by atoms with E-state index in [2.05, 4.69) is 11.4 Å². The van der Waals surface area contributed by atoms with Gasteiger partial charge in [-0.1, -0.05) is 13.0 Å².